The lowest BCUT2D eigenvalue weighted by atomic mass is 10.2. The minimum atomic E-state index is -3.84. The molecule has 19 heavy (non-hydrogen) atoms. The summed E-state index contributed by atoms with van der Waals surface area (Å²) in [5.74, 6) is -0.165. The molecule has 0 N–H and O–H groups in total. The molecule has 0 atom stereocenters. The van der Waals surface area contributed by atoms with Gasteiger partial charge in [0.1, 0.15) is 5.75 Å². The third-order valence-electron chi connectivity index (χ3n) is 2.09. The molecule has 0 bridgehead atoms. The van der Waals surface area contributed by atoms with E-state index in [1.54, 1.807) is 26.0 Å². The van der Waals surface area contributed by atoms with Crippen molar-refractivity contribution in [2.75, 3.05) is 20.3 Å². The van der Waals surface area contributed by atoms with Crippen LogP contribution in [0, 0.1) is 0 Å². The van der Waals surface area contributed by atoms with Gasteiger partial charge in [-0.15, -0.1) is 0 Å². The van der Waals surface area contributed by atoms with Gasteiger partial charge in [-0.25, -0.2) is 9.36 Å². The van der Waals surface area contributed by atoms with Crippen molar-refractivity contribution < 1.29 is 27.7 Å². The standard InChI is InChI=1S/C12H17O6P/c1-4-16-19(14,17-5-2)18-12(13)10-6-8-11(15-3)9-7-10/h6-9H,4-5H2,1-3H3. The quantitative estimate of drug-likeness (QED) is 0.718. The smallest absolute Gasteiger partial charge is 0.497 e. The lowest BCUT2D eigenvalue weighted by Gasteiger charge is -2.15. The molecular weight excluding hydrogens is 271 g/mol. The number of hydrogen-bond acceptors (Lipinski definition) is 6. The van der Waals surface area contributed by atoms with Gasteiger partial charge in [0.25, 0.3) is 0 Å². The summed E-state index contributed by atoms with van der Waals surface area (Å²) in [6.45, 7) is 3.50. The van der Waals surface area contributed by atoms with E-state index in [1.165, 1.54) is 19.2 Å². The van der Waals surface area contributed by atoms with E-state index in [1.807, 2.05) is 0 Å². The Morgan fingerprint density at radius 1 is 1.11 bits per heavy atom. The third-order valence-corrected chi connectivity index (χ3v) is 3.63. The van der Waals surface area contributed by atoms with Crippen molar-refractivity contribution in [3.05, 3.63) is 29.8 Å². The Kier molecular flexibility index (Phi) is 6.02. The van der Waals surface area contributed by atoms with Crippen molar-refractivity contribution in [2.24, 2.45) is 0 Å². The van der Waals surface area contributed by atoms with Crippen LogP contribution >= 0.6 is 7.82 Å². The minimum absolute atomic E-state index is 0.118. The van der Waals surface area contributed by atoms with Crippen molar-refractivity contribution in [1.82, 2.24) is 0 Å². The molecule has 1 rings (SSSR count). The third kappa shape index (κ3) is 4.67. The summed E-state index contributed by atoms with van der Waals surface area (Å²) in [6.07, 6.45) is 0. The summed E-state index contributed by atoms with van der Waals surface area (Å²) in [4.78, 5) is 11.8. The van der Waals surface area contributed by atoms with Crippen molar-refractivity contribution >= 4 is 13.8 Å². The van der Waals surface area contributed by atoms with E-state index in [0.29, 0.717) is 5.75 Å². The largest absolute Gasteiger partial charge is 0.532 e. The van der Waals surface area contributed by atoms with Crippen LogP contribution in [0.2, 0.25) is 0 Å². The van der Waals surface area contributed by atoms with E-state index >= 15 is 0 Å². The van der Waals surface area contributed by atoms with Gasteiger partial charge in [-0.1, -0.05) is 0 Å². The molecule has 0 amide bonds. The first kappa shape index (κ1) is 15.7. The van der Waals surface area contributed by atoms with Gasteiger partial charge in [-0.05, 0) is 38.1 Å². The van der Waals surface area contributed by atoms with Crippen LogP contribution in [0.5, 0.6) is 5.75 Å². The predicted octanol–water partition coefficient (Wildman–Crippen LogP) is 3.03. The first-order chi connectivity index (χ1) is 9.04. The zero-order valence-corrected chi connectivity index (χ0v) is 12.0. The zero-order chi connectivity index (χ0) is 14.3. The lowest BCUT2D eigenvalue weighted by Crippen LogP contribution is -2.07. The highest BCUT2D eigenvalue weighted by atomic mass is 31.2. The zero-order valence-electron chi connectivity index (χ0n) is 11.1. The maximum absolute atomic E-state index is 12.0. The Hall–Kier alpha value is -1.36. The Labute approximate surface area is 112 Å². The van der Waals surface area contributed by atoms with Gasteiger partial charge in [0.2, 0.25) is 0 Å². The molecule has 0 fully saturated rings. The highest BCUT2D eigenvalue weighted by molar-refractivity contribution is 7.49. The van der Waals surface area contributed by atoms with Crippen molar-refractivity contribution in [1.29, 1.82) is 0 Å². The molecule has 0 saturated heterocycles. The van der Waals surface area contributed by atoms with Crippen molar-refractivity contribution in [2.45, 2.75) is 13.8 Å². The number of methoxy groups -OCH3 is 1. The molecule has 0 aliphatic rings. The first-order valence-corrected chi connectivity index (χ1v) is 7.27. The van der Waals surface area contributed by atoms with Crippen LogP contribution < -0.4 is 4.74 Å². The highest BCUT2D eigenvalue weighted by Crippen LogP contribution is 2.49. The molecule has 0 saturated carbocycles. The molecule has 7 heteroatoms. The Balaban J connectivity index is 2.78. The highest BCUT2D eigenvalue weighted by Gasteiger charge is 2.30. The van der Waals surface area contributed by atoms with Crippen molar-refractivity contribution in [3.63, 3.8) is 0 Å². The molecule has 0 spiro atoms. The Morgan fingerprint density at radius 3 is 2.05 bits per heavy atom. The molecule has 0 aliphatic heterocycles. The SMILES string of the molecule is CCOP(=O)(OCC)OC(=O)c1ccc(OC)cc1. The number of rotatable bonds is 7. The van der Waals surface area contributed by atoms with E-state index in [9.17, 15) is 9.36 Å². The molecule has 0 aliphatic carbocycles. The average Bonchev–Trinajstić information content (AvgIpc) is 2.39. The summed E-state index contributed by atoms with van der Waals surface area (Å²) in [7, 11) is -2.32. The number of hydrogen-bond donors (Lipinski definition) is 0. The molecule has 0 radical (unpaired) electrons. The number of ether oxygens (including phenoxy) is 1. The maximum atomic E-state index is 12.0. The molecule has 1 aromatic carbocycles. The van der Waals surface area contributed by atoms with Gasteiger partial charge >= 0.3 is 13.8 Å². The molecule has 1 aromatic rings. The van der Waals surface area contributed by atoms with Crippen LogP contribution in [0.3, 0.4) is 0 Å². The van der Waals surface area contributed by atoms with Crippen LogP contribution in [0.25, 0.3) is 0 Å². The van der Waals surface area contributed by atoms with Crippen molar-refractivity contribution in [3.8, 4) is 5.75 Å². The first-order valence-electron chi connectivity index (χ1n) is 5.81. The van der Waals surface area contributed by atoms with Crippen LogP contribution in [0.1, 0.15) is 24.2 Å². The number of benzene rings is 1. The molecular formula is C12H17O6P. The minimum Gasteiger partial charge on any atom is -0.497 e. The molecule has 0 unspecified atom stereocenters. The fourth-order valence-electron chi connectivity index (χ4n) is 1.29. The molecule has 6 nitrogen and oxygen atoms in total. The van der Waals surface area contributed by atoms with Gasteiger partial charge in [0, 0.05) is 0 Å². The molecule has 0 heterocycles. The second-order valence-corrected chi connectivity index (χ2v) is 4.98. The number of carbonyl (C=O) groups excluding carboxylic acids is 1. The Bertz CT molecular complexity index is 446. The number of phosphoric acid groups is 1. The normalized spacial score (nSPS) is 11.1. The fraction of sp³-hybridized carbons (Fsp3) is 0.417. The van der Waals surface area contributed by atoms with Crippen LogP contribution in [0.4, 0.5) is 0 Å². The van der Waals surface area contributed by atoms with E-state index in [0.717, 1.165) is 0 Å². The average molecular weight is 288 g/mol. The summed E-state index contributed by atoms with van der Waals surface area (Å²) in [5.41, 5.74) is 0.237. The molecule has 106 valence electrons. The lowest BCUT2D eigenvalue weighted by molar-refractivity contribution is 0.0605. The van der Waals surface area contributed by atoms with Crippen LogP contribution in [0.15, 0.2) is 24.3 Å². The van der Waals surface area contributed by atoms with Crippen LogP contribution in [-0.2, 0) is 18.1 Å². The summed E-state index contributed by atoms with van der Waals surface area (Å²) in [5, 5.41) is 0. The van der Waals surface area contributed by atoms with E-state index in [2.05, 4.69) is 0 Å². The van der Waals surface area contributed by atoms with E-state index in [4.69, 9.17) is 18.3 Å². The second kappa shape index (κ2) is 7.28. The predicted molar refractivity (Wildman–Crippen MR) is 69.3 cm³/mol. The van der Waals surface area contributed by atoms with E-state index in [-0.39, 0.29) is 18.8 Å². The molecule has 0 aromatic heterocycles. The monoisotopic (exact) mass is 288 g/mol. The summed E-state index contributed by atoms with van der Waals surface area (Å²) >= 11 is 0. The summed E-state index contributed by atoms with van der Waals surface area (Å²) in [6, 6.07) is 6.21. The van der Waals surface area contributed by atoms with E-state index < -0.39 is 13.8 Å². The van der Waals surface area contributed by atoms with Gasteiger partial charge in [-0.2, -0.15) is 0 Å². The van der Waals surface area contributed by atoms with Gasteiger partial charge in [0.15, 0.2) is 0 Å². The topological polar surface area (TPSA) is 71.1 Å². The second-order valence-electron chi connectivity index (χ2n) is 3.39. The van der Waals surface area contributed by atoms with Gasteiger partial charge in [-0.3, -0.25) is 9.05 Å². The Morgan fingerprint density at radius 2 is 1.63 bits per heavy atom. The van der Waals surface area contributed by atoms with Gasteiger partial charge < -0.3 is 9.26 Å². The fourth-order valence-corrected chi connectivity index (χ4v) is 2.41. The van der Waals surface area contributed by atoms with Gasteiger partial charge in [0.05, 0.1) is 25.9 Å². The summed E-state index contributed by atoms with van der Waals surface area (Å²) < 4.78 is 31.5. The number of phosphoric ester groups is 1. The van der Waals surface area contributed by atoms with Crippen LogP contribution in [-0.4, -0.2) is 26.3 Å². The number of carbonyl (C=O) groups is 1. The maximum Gasteiger partial charge on any atom is 0.532 e.